The Bertz CT molecular complexity index is 396. The number of nitrogens with two attached hydrogens (primary N) is 1. The van der Waals surface area contributed by atoms with E-state index in [0.29, 0.717) is 18.7 Å². The molecule has 94 valence electrons. The summed E-state index contributed by atoms with van der Waals surface area (Å²) in [6, 6.07) is 3.69. The maximum atomic E-state index is 13.5. The van der Waals surface area contributed by atoms with E-state index in [9.17, 15) is 9.18 Å². The summed E-state index contributed by atoms with van der Waals surface area (Å²) < 4.78 is 18.5. The number of anilines is 1. The van der Waals surface area contributed by atoms with Gasteiger partial charge in [0.15, 0.2) is 11.6 Å². The van der Waals surface area contributed by atoms with Crippen LogP contribution in [0.5, 0.6) is 5.75 Å². The molecule has 0 saturated carbocycles. The predicted octanol–water partition coefficient (Wildman–Crippen LogP) is 1.90. The second kappa shape index (κ2) is 6.20. The fourth-order valence-electron chi connectivity index (χ4n) is 1.27. The molecule has 0 saturated heterocycles. The van der Waals surface area contributed by atoms with Crippen LogP contribution in [0, 0.1) is 5.82 Å². The molecule has 0 spiro atoms. The predicted molar refractivity (Wildman–Crippen MR) is 64.5 cm³/mol. The average molecular weight is 240 g/mol. The number of carbonyl (C=O) groups is 1. The zero-order chi connectivity index (χ0) is 12.8. The van der Waals surface area contributed by atoms with Crippen molar-refractivity contribution in [1.82, 2.24) is 0 Å². The lowest BCUT2D eigenvalue weighted by molar-refractivity contribution is -0.117. The number of hydrogen-bond donors (Lipinski definition) is 2. The molecule has 1 aromatic carbocycles. The highest BCUT2D eigenvalue weighted by Crippen LogP contribution is 2.21. The number of ether oxygens (including phenoxy) is 1. The second-order valence-electron chi connectivity index (χ2n) is 3.58. The summed E-state index contributed by atoms with van der Waals surface area (Å²) in [4.78, 5) is 11.5. The van der Waals surface area contributed by atoms with Crippen LogP contribution >= 0.6 is 0 Å². The van der Waals surface area contributed by atoms with Crippen LogP contribution in [-0.4, -0.2) is 18.6 Å². The molecule has 0 radical (unpaired) electrons. The minimum Gasteiger partial charge on any atom is -0.491 e. The summed E-state index contributed by atoms with van der Waals surface area (Å²) in [5.74, 6) is -0.656. The van der Waals surface area contributed by atoms with Crippen molar-refractivity contribution >= 4 is 11.6 Å². The standard InChI is InChI=1S/C12H17FN2O2/c1-3-10(14)12(16)15-8-5-6-11(17-4-2)9(13)7-8/h5-7,10H,3-4,14H2,1-2H3,(H,15,16)/t10-/m1/s1. The third kappa shape index (κ3) is 3.71. The number of hydrogen-bond acceptors (Lipinski definition) is 3. The van der Waals surface area contributed by atoms with Gasteiger partial charge >= 0.3 is 0 Å². The fourth-order valence-corrected chi connectivity index (χ4v) is 1.27. The van der Waals surface area contributed by atoms with Gasteiger partial charge in [-0.2, -0.15) is 0 Å². The molecule has 0 aliphatic carbocycles. The maximum absolute atomic E-state index is 13.5. The summed E-state index contributed by atoms with van der Waals surface area (Å²) in [7, 11) is 0. The lowest BCUT2D eigenvalue weighted by atomic mass is 10.2. The number of carbonyl (C=O) groups excluding carboxylic acids is 1. The van der Waals surface area contributed by atoms with E-state index in [1.165, 1.54) is 12.1 Å². The van der Waals surface area contributed by atoms with Gasteiger partial charge in [0.2, 0.25) is 5.91 Å². The van der Waals surface area contributed by atoms with Gasteiger partial charge in [0.1, 0.15) is 0 Å². The molecule has 5 heteroatoms. The van der Waals surface area contributed by atoms with Gasteiger partial charge in [0, 0.05) is 11.8 Å². The van der Waals surface area contributed by atoms with Gasteiger partial charge in [0.05, 0.1) is 12.6 Å². The van der Waals surface area contributed by atoms with Crippen molar-refractivity contribution in [2.75, 3.05) is 11.9 Å². The third-order valence-corrected chi connectivity index (χ3v) is 2.28. The van der Waals surface area contributed by atoms with Gasteiger partial charge in [0.25, 0.3) is 0 Å². The van der Waals surface area contributed by atoms with Crippen LogP contribution in [0.1, 0.15) is 20.3 Å². The molecular formula is C12H17FN2O2. The number of rotatable bonds is 5. The van der Waals surface area contributed by atoms with Gasteiger partial charge in [-0.25, -0.2) is 4.39 Å². The number of halogens is 1. The van der Waals surface area contributed by atoms with Crippen LogP contribution in [-0.2, 0) is 4.79 Å². The normalized spacial score (nSPS) is 12.0. The summed E-state index contributed by atoms with van der Waals surface area (Å²) in [5, 5.41) is 2.54. The van der Waals surface area contributed by atoms with E-state index in [2.05, 4.69) is 5.32 Å². The highest BCUT2D eigenvalue weighted by atomic mass is 19.1. The largest absolute Gasteiger partial charge is 0.491 e. The fraction of sp³-hybridized carbons (Fsp3) is 0.417. The van der Waals surface area contributed by atoms with E-state index in [1.54, 1.807) is 13.0 Å². The quantitative estimate of drug-likeness (QED) is 0.826. The zero-order valence-corrected chi connectivity index (χ0v) is 10.00. The lowest BCUT2D eigenvalue weighted by Gasteiger charge is -2.11. The van der Waals surface area contributed by atoms with E-state index in [4.69, 9.17) is 10.5 Å². The molecule has 0 heterocycles. The molecule has 0 unspecified atom stereocenters. The molecule has 0 aliphatic heterocycles. The van der Waals surface area contributed by atoms with Crippen LogP contribution in [0.2, 0.25) is 0 Å². The molecule has 1 rings (SSSR count). The molecule has 0 fully saturated rings. The van der Waals surface area contributed by atoms with E-state index >= 15 is 0 Å². The van der Waals surface area contributed by atoms with Crippen molar-refractivity contribution in [3.8, 4) is 5.75 Å². The minimum atomic E-state index is -0.579. The van der Waals surface area contributed by atoms with Gasteiger partial charge in [-0.1, -0.05) is 6.92 Å². The summed E-state index contributed by atoms with van der Waals surface area (Å²) in [5.41, 5.74) is 5.92. The first kappa shape index (κ1) is 13.4. The molecule has 1 atom stereocenters. The maximum Gasteiger partial charge on any atom is 0.241 e. The minimum absolute atomic E-state index is 0.172. The van der Waals surface area contributed by atoms with Crippen LogP contribution in [0.15, 0.2) is 18.2 Å². The highest BCUT2D eigenvalue weighted by Gasteiger charge is 2.12. The molecule has 3 N–H and O–H groups in total. The molecule has 1 amide bonds. The zero-order valence-electron chi connectivity index (χ0n) is 10.00. The Kier molecular flexibility index (Phi) is 4.90. The van der Waals surface area contributed by atoms with Crippen molar-refractivity contribution in [1.29, 1.82) is 0 Å². The Morgan fingerprint density at radius 1 is 1.53 bits per heavy atom. The van der Waals surface area contributed by atoms with Crippen molar-refractivity contribution in [2.45, 2.75) is 26.3 Å². The Morgan fingerprint density at radius 2 is 2.24 bits per heavy atom. The molecule has 0 bridgehead atoms. The lowest BCUT2D eigenvalue weighted by Crippen LogP contribution is -2.34. The smallest absolute Gasteiger partial charge is 0.241 e. The SMILES string of the molecule is CCOc1ccc(NC(=O)[C@H](N)CC)cc1F. The number of benzene rings is 1. The first-order valence-electron chi connectivity index (χ1n) is 5.57. The first-order chi connectivity index (χ1) is 8.08. The number of nitrogens with one attached hydrogen (secondary N) is 1. The van der Waals surface area contributed by atoms with Gasteiger partial charge in [-0.15, -0.1) is 0 Å². The Hall–Kier alpha value is -1.62. The third-order valence-electron chi connectivity index (χ3n) is 2.28. The Labute approximate surface area is 100.0 Å². The van der Waals surface area contributed by atoms with Crippen LogP contribution in [0.3, 0.4) is 0 Å². The monoisotopic (exact) mass is 240 g/mol. The summed E-state index contributed by atoms with van der Waals surface area (Å²) >= 11 is 0. The Balaban J connectivity index is 2.73. The molecule has 4 nitrogen and oxygen atoms in total. The molecule has 1 aromatic rings. The van der Waals surface area contributed by atoms with Crippen molar-refractivity contribution in [2.24, 2.45) is 5.73 Å². The topological polar surface area (TPSA) is 64.3 Å². The van der Waals surface area contributed by atoms with Crippen LogP contribution < -0.4 is 15.8 Å². The summed E-state index contributed by atoms with van der Waals surface area (Å²) in [6.45, 7) is 3.97. The molecule has 0 aliphatic rings. The van der Waals surface area contributed by atoms with E-state index < -0.39 is 11.9 Å². The molecule has 17 heavy (non-hydrogen) atoms. The van der Waals surface area contributed by atoms with Gasteiger partial charge in [-0.3, -0.25) is 4.79 Å². The summed E-state index contributed by atoms with van der Waals surface area (Å²) in [6.07, 6.45) is 0.533. The van der Waals surface area contributed by atoms with Crippen molar-refractivity contribution in [3.05, 3.63) is 24.0 Å². The van der Waals surface area contributed by atoms with E-state index in [-0.39, 0.29) is 11.7 Å². The first-order valence-corrected chi connectivity index (χ1v) is 5.57. The van der Waals surface area contributed by atoms with Gasteiger partial charge < -0.3 is 15.8 Å². The average Bonchev–Trinajstić information content (AvgIpc) is 2.31. The van der Waals surface area contributed by atoms with Crippen molar-refractivity contribution < 1.29 is 13.9 Å². The van der Waals surface area contributed by atoms with E-state index in [0.717, 1.165) is 0 Å². The van der Waals surface area contributed by atoms with Crippen LogP contribution in [0.25, 0.3) is 0 Å². The van der Waals surface area contributed by atoms with E-state index in [1.807, 2.05) is 6.92 Å². The van der Waals surface area contributed by atoms with Crippen LogP contribution in [0.4, 0.5) is 10.1 Å². The Morgan fingerprint density at radius 3 is 2.76 bits per heavy atom. The highest BCUT2D eigenvalue weighted by molar-refractivity contribution is 5.94. The number of amides is 1. The van der Waals surface area contributed by atoms with Gasteiger partial charge in [-0.05, 0) is 25.5 Å². The molecular weight excluding hydrogens is 223 g/mol. The second-order valence-corrected chi connectivity index (χ2v) is 3.58. The van der Waals surface area contributed by atoms with Crippen molar-refractivity contribution in [3.63, 3.8) is 0 Å². The molecule has 0 aromatic heterocycles.